The van der Waals surface area contributed by atoms with Crippen molar-refractivity contribution >= 4 is 34.4 Å². The van der Waals surface area contributed by atoms with Crippen LogP contribution in [0.3, 0.4) is 0 Å². The second-order valence-electron chi connectivity index (χ2n) is 7.16. The molecule has 1 aromatic carbocycles. The van der Waals surface area contributed by atoms with Crippen LogP contribution < -0.4 is 14.8 Å². The van der Waals surface area contributed by atoms with Crippen LogP contribution >= 0.6 is 11.8 Å². The van der Waals surface area contributed by atoms with Gasteiger partial charge < -0.3 is 23.8 Å². The maximum absolute atomic E-state index is 12.6. The standard InChI is InChI=1S/C23H24N4O4S/c1-14-15(2)27(11-17-6-5-9-31-17)22-21(14)23(25-13-24-22)32-12-20(28)26-18-8-7-16(29-3)10-19(18)30-4/h5-10,13H,11-12H2,1-4H3,(H,26,28). The van der Waals surface area contributed by atoms with Crippen molar-refractivity contribution in [2.45, 2.75) is 25.4 Å². The van der Waals surface area contributed by atoms with E-state index in [9.17, 15) is 4.79 Å². The van der Waals surface area contributed by atoms with E-state index in [0.29, 0.717) is 23.7 Å². The third kappa shape index (κ3) is 4.29. The van der Waals surface area contributed by atoms with E-state index < -0.39 is 0 Å². The van der Waals surface area contributed by atoms with Crippen molar-refractivity contribution in [3.8, 4) is 11.5 Å². The lowest BCUT2D eigenvalue weighted by molar-refractivity contribution is -0.113. The molecule has 0 atom stereocenters. The number of carbonyl (C=O) groups is 1. The molecule has 0 saturated heterocycles. The van der Waals surface area contributed by atoms with Crippen LogP contribution in [-0.4, -0.2) is 40.4 Å². The van der Waals surface area contributed by atoms with Gasteiger partial charge in [-0.3, -0.25) is 4.79 Å². The smallest absolute Gasteiger partial charge is 0.234 e. The Morgan fingerprint density at radius 2 is 2.03 bits per heavy atom. The normalized spacial score (nSPS) is 11.0. The van der Waals surface area contributed by atoms with Gasteiger partial charge in [0.15, 0.2) is 0 Å². The fourth-order valence-electron chi connectivity index (χ4n) is 3.52. The topological polar surface area (TPSA) is 91.4 Å². The molecule has 8 nitrogen and oxygen atoms in total. The molecule has 0 saturated carbocycles. The summed E-state index contributed by atoms with van der Waals surface area (Å²) in [6.45, 7) is 4.69. The third-order valence-corrected chi connectivity index (χ3v) is 6.28. The molecular formula is C23H24N4O4S. The molecule has 9 heteroatoms. The molecule has 0 aliphatic heterocycles. The number of anilines is 1. The highest BCUT2D eigenvalue weighted by atomic mass is 32.2. The maximum Gasteiger partial charge on any atom is 0.234 e. The zero-order chi connectivity index (χ0) is 22.7. The van der Waals surface area contributed by atoms with Gasteiger partial charge >= 0.3 is 0 Å². The van der Waals surface area contributed by atoms with E-state index in [1.165, 1.54) is 18.1 Å². The van der Waals surface area contributed by atoms with Crippen molar-refractivity contribution in [1.82, 2.24) is 14.5 Å². The number of rotatable bonds is 8. The van der Waals surface area contributed by atoms with Crippen molar-refractivity contribution in [3.63, 3.8) is 0 Å². The minimum Gasteiger partial charge on any atom is -0.497 e. The summed E-state index contributed by atoms with van der Waals surface area (Å²) in [4.78, 5) is 21.6. The van der Waals surface area contributed by atoms with Crippen LogP contribution in [0.4, 0.5) is 5.69 Å². The molecule has 0 aliphatic rings. The summed E-state index contributed by atoms with van der Waals surface area (Å²) >= 11 is 1.38. The summed E-state index contributed by atoms with van der Waals surface area (Å²) < 4.78 is 18.2. The number of aromatic nitrogens is 3. The molecule has 3 heterocycles. The van der Waals surface area contributed by atoms with Crippen molar-refractivity contribution in [1.29, 1.82) is 0 Å². The second-order valence-corrected chi connectivity index (χ2v) is 8.12. The first kappa shape index (κ1) is 21.8. The Balaban J connectivity index is 1.53. The Bertz CT molecular complexity index is 1250. The summed E-state index contributed by atoms with van der Waals surface area (Å²) in [5, 5.41) is 4.61. The highest BCUT2D eigenvalue weighted by Gasteiger charge is 2.18. The molecule has 0 fully saturated rings. The molecule has 1 N–H and O–H groups in total. The first-order chi connectivity index (χ1) is 15.5. The van der Waals surface area contributed by atoms with Gasteiger partial charge in [0, 0.05) is 11.8 Å². The lowest BCUT2D eigenvalue weighted by Gasteiger charge is -2.11. The molecule has 1 amide bonds. The Labute approximate surface area is 189 Å². The van der Waals surface area contributed by atoms with Crippen molar-refractivity contribution < 1.29 is 18.7 Å². The number of methoxy groups -OCH3 is 2. The number of amides is 1. The van der Waals surface area contributed by atoms with Gasteiger partial charge in [-0.2, -0.15) is 0 Å². The lowest BCUT2D eigenvalue weighted by atomic mass is 10.2. The summed E-state index contributed by atoms with van der Waals surface area (Å²) in [6, 6.07) is 9.06. The number of hydrogen-bond acceptors (Lipinski definition) is 7. The van der Waals surface area contributed by atoms with Crippen molar-refractivity contribution in [3.05, 3.63) is 59.9 Å². The number of aryl methyl sites for hydroxylation is 1. The van der Waals surface area contributed by atoms with E-state index in [4.69, 9.17) is 13.9 Å². The first-order valence-corrected chi connectivity index (χ1v) is 11.0. The number of benzene rings is 1. The highest BCUT2D eigenvalue weighted by Crippen LogP contribution is 2.33. The predicted molar refractivity (Wildman–Crippen MR) is 124 cm³/mol. The Morgan fingerprint density at radius 3 is 2.75 bits per heavy atom. The number of furan rings is 1. The average molecular weight is 453 g/mol. The molecule has 32 heavy (non-hydrogen) atoms. The predicted octanol–water partition coefficient (Wildman–Crippen LogP) is 4.44. The van der Waals surface area contributed by atoms with Gasteiger partial charge in [-0.05, 0) is 43.7 Å². The van der Waals surface area contributed by atoms with Gasteiger partial charge in [0.2, 0.25) is 5.91 Å². The molecule has 166 valence electrons. The molecule has 4 rings (SSSR count). The fourth-order valence-corrected chi connectivity index (χ4v) is 4.37. The molecule has 0 unspecified atom stereocenters. The van der Waals surface area contributed by atoms with E-state index >= 15 is 0 Å². The van der Waals surface area contributed by atoms with Gasteiger partial charge in [-0.15, -0.1) is 0 Å². The average Bonchev–Trinajstić information content (AvgIpc) is 3.41. The van der Waals surface area contributed by atoms with Crippen molar-refractivity contribution in [2.75, 3.05) is 25.3 Å². The number of fused-ring (bicyclic) bond motifs is 1. The van der Waals surface area contributed by atoms with Crippen LogP contribution in [0.1, 0.15) is 17.0 Å². The van der Waals surface area contributed by atoms with E-state index in [1.54, 1.807) is 38.7 Å². The fraction of sp³-hybridized carbons (Fsp3) is 0.261. The monoisotopic (exact) mass is 452 g/mol. The molecule has 0 spiro atoms. The molecule has 0 bridgehead atoms. The second kappa shape index (κ2) is 9.35. The maximum atomic E-state index is 12.6. The minimum atomic E-state index is -0.158. The molecule has 0 aliphatic carbocycles. The summed E-state index contributed by atoms with van der Waals surface area (Å²) in [6.07, 6.45) is 3.20. The third-order valence-electron chi connectivity index (χ3n) is 5.29. The minimum absolute atomic E-state index is 0.158. The van der Waals surface area contributed by atoms with Gasteiger partial charge in [-0.25, -0.2) is 9.97 Å². The molecule has 3 aromatic heterocycles. The van der Waals surface area contributed by atoms with E-state index in [2.05, 4.69) is 26.8 Å². The number of hydrogen-bond donors (Lipinski definition) is 1. The zero-order valence-corrected chi connectivity index (χ0v) is 19.2. The van der Waals surface area contributed by atoms with E-state index in [0.717, 1.165) is 33.1 Å². The quantitative estimate of drug-likeness (QED) is 0.312. The van der Waals surface area contributed by atoms with Crippen LogP contribution in [0.2, 0.25) is 0 Å². The van der Waals surface area contributed by atoms with Crippen LogP contribution in [0.15, 0.2) is 52.4 Å². The van der Waals surface area contributed by atoms with Gasteiger partial charge in [0.1, 0.15) is 34.3 Å². The van der Waals surface area contributed by atoms with Crippen LogP contribution in [0.5, 0.6) is 11.5 Å². The number of nitrogens with zero attached hydrogens (tertiary/aromatic N) is 3. The Kier molecular flexibility index (Phi) is 6.36. The number of carbonyl (C=O) groups excluding carboxylic acids is 1. The molecule has 0 radical (unpaired) electrons. The summed E-state index contributed by atoms with van der Waals surface area (Å²) in [7, 11) is 3.13. The Hall–Kier alpha value is -3.46. The van der Waals surface area contributed by atoms with Gasteiger partial charge in [-0.1, -0.05) is 11.8 Å². The largest absolute Gasteiger partial charge is 0.497 e. The first-order valence-electron chi connectivity index (χ1n) is 9.99. The van der Waals surface area contributed by atoms with Crippen LogP contribution in [0, 0.1) is 13.8 Å². The van der Waals surface area contributed by atoms with Crippen LogP contribution in [-0.2, 0) is 11.3 Å². The number of ether oxygens (including phenoxy) is 2. The van der Waals surface area contributed by atoms with Crippen LogP contribution in [0.25, 0.3) is 11.0 Å². The number of thioether (sulfide) groups is 1. The Morgan fingerprint density at radius 1 is 1.19 bits per heavy atom. The van der Waals surface area contributed by atoms with Gasteiger partial charge in [0.05, 0.1) is 43.9 Å². The SMILES string of the molecule is COc1ccc(NC(=O)CSc2ncnc3c2c(C)c(C)n3Cc2ccco2)c(OC)c1. The van der Waals surface area contributed by atoms with Crippen molar-refractivity contribution in [2.24, 2.45) is 0 Å². The zero-order valence-electron chi connectivity index (χ0n) is 18.3. The lowest BCUT2D eigenvalue weighted by Crippen LogP contribution is -2.15. The van der Waals surface area contributed by atoms with Gasteiger partial charge in [0.25, 0.3) is 0 Å². The van der Waals surface area contributed by atoms with E-state index in [-0.39, 0.29) is 11.7 Å². The molecule has 4 aromatic rings. The molecular weight excluding hydrogens is 428 g/mol. The highest BCUT2D eigenvalue weighted by molar-refractivity contribution is 8.00. The summed E-state index contributed by atoms with van der Waals surface area (Å²) in [5.41, 5.74) is 3.59. The summed E-state index contributed by atoms with van der Waals surface area (Å²) in [5.74, 6) is 2.08. The van der Waals surface area contributed by atoms with E-state index in [1.807, 2.05) is 19.1 Å². The number of nitrogens with one attached hydrogen (secondary N) is 1.